The fourth-order valence-electron chi connectivity index (χ4n) is 1.94. The molecule has 1 fully saturated rings. The third-order valence-electron chi connectivity index (χ3n) is 3.00. The van der Waals surface area contributed by atoms with Gasteiger partial charge >= 0.3 is 0 Å². The van der Waals surface area contributed by atoms with Crippen LogP contribution in [0.5, 0.6) is 0 Å². The molecule has 100 valence electrons. The van der Waals surface area contributed by atoms with E-state index >= 15 is 0 Å². The van der Waals surface area contributed by atoms with Gasteiger partial charge in [-0.2, -0.15) is 0 Å². The average Bonchev–Trinajstić information content (AvgIpc) is 3.00. The molecule has 2 rings (SSSR count). The Morgan fingerprint density at radius 1 is 1.67 bits per heavy atom. The number of nitrogens with one attached hydrogen (secondary N) is 1. The number of aromatic nitrogens is 3. The highest BCUT2D eigenvalue weighted by Gasteiger charge is 2.15. The highest BCUT2D eigenvalue weighted by atomic mass is 16.5. The van der Waals surface area contributed by atoms with Crippen LogP contribution in [0.4, 0.5) is 0 Å². The van der Waals surface area contributed by atoms with Gasteiger partial charge in [0, 0.05) is 26.3 Å². The summed E-state index contributed by atoms with van der Waals surface area (Å²) in [6.45, 7) is 2.88. The molecule has 1 aromatic rings. The summed E-state index contributed by atoms with van der Waals surface area (Å²) >= 11 is 0. The van der Waals surface area contributed by atoms with Crippen molar-refractivity contribution in [2.24, 2.45) is 11.7 Å². The van der Waals surface area contributed by atoms with E-state index in [0.29, 0.717) is 24.7 Å². The molecule has 0 aliphatic carbocycles. The highest BCUT2D eigenvalue weighted by Crippen LogP contribution is 2.14. The molecule has 1 saturated heterocycles. The summed E-state index contributed by atoms with van der Waals surface area (Å²) in [5.41, 5.74) is 6.10. The van der Waals surface area contributed by atoms with Crippen molar-refractivity contribution in [1.82, 2.24) is 20.3 Å². The molecule has 1 aliphatic heterocycles. The summed E-state index contributed by atoms with van der Waals surface area (Å²) in [6, 6.07) is 0. The summed E-state index contributed by atoms with van der Waals surface area (Å²) in [6.07, 6.45) is 3.75. The maximum absolute atomic E-state index is 11.6. The third-order valence-corrected chi connectivity index (χ3v) is 3.00. The summed E-state index contributed by atoms with van der Waals surface area (Å²) in [7, 11) is 0. The maximum Gasteiger partial charge on any atom is 0.241 e. The Balaban J connectivity index is 1.65. The van der Waals surface area contributed by atoms with Crippen molar-refractivity contribution in [2.45, 2.75) is 25.9 Å². The number of carbonyl (C=O) groups is 1. The largest absolute Gasteiger partial charge is 0.381 e. The molecular formula is C11H19N5O2. The van der Waals surface area contributed by atoms with Crippen LogP contribution in [0.1, 0.15) is 18.5 Å². The van der Waals surface area contributed by atoms with Gasteiger partial charge in [-0.05, 0) is 18.8 Å². The van der Waals surface area contributed by atoms with Crippen LogP contribution in [0.2, 0.25) is 0 Å². The molecule has 1 aromatic heterocycles. The molecule has 1 aliphatic rings. The molecule has 2 heterocycles. The van der Waals surface area contributed by atoms with Gasteiger partial charge in [-0.15, -0.1) is 5.10 Å². The highest BCUT2D eigenvalue weighted by molar-refractivity contribution is 5.75. The van der Waals surface area contributed by atoms with E-state index in [-0.39, 0.29) is 12.5 Å². The topological polar surface area (TPSA) is 95.1 Å². The van der Waals surface area contributed by atoms with E-state index in [1.165, 1.54) is 4.68 Å². The van der Waals surface area contributed by atoms with Gasteiger partial charge in [-0.25, -0.2) is 4.68 Å². The molecule has 1 unspecified atom stereocenters. The number of hydrogen-bond acceptors (Lipinski definition) is 5. The van der Waals surface area contributed by atoms with Crippen LogP contribution in [0.25, 0.3) is 0 Å². The Kier molecular flexibility index (Phi) is 4.66. The molecule has 1 amide bonds. The third kappa shape index (κ3) is 3.78. The van der Waals surface area contributed by atoms with E-state index in [0.717, 1.165) is 26.1 Å². The average molecular weight is 253 g/mol. The molecule has 1 atom stereocenters. The Hall–Kier alpha value is -1.47. The summed E-state index contributed by atoms with van der Waals surface area (Å²) in [5.74, 6) is 0.530. The number of ether oxygens (including phenoxy) is 1. The monoisotopic (exact) mass is 253 g/mol. The van der Waals surface area contributed by atoms with Crippen molar-refractivity contribution in [3.63, 3.8) is 0 Å². The molecule has 0 spiro atoms. The van der Waals surface area contributed by atoms with E-state index in [9.17, 15) is 4.79 Å². The molecule has 0 radical (unpaired) electrons. The number of nitrogens with two attached hydrogens (primary N) is 1. The van der Waals surface area contributed by atoms with Crippen LogP contribution in [-0.2, 0) is 22.6 Å². The minimum Gasteiger partial charge on any atom is -0.381 e. The van der Waals surface area contributed by atoms with E-state index < -0.39 is 0 Å². The van der Waals surface area contributed by atoms with Crippen molar-refractivity contribution in [1.29, 1.82) is 0 Å². The van der Waals surface area contributed by atoms with Crippen molar-refractivity contribution in [3.8, 4) is 0 Å². The minimum atomic E-state index is -0.0533. The number of amides is 1. The lowest BCUT2D eigenvalue weighted by Gasteiger charge is -2.08. The molecule has 3 N–H and O–H groups in total. The van der Waals surface area contributed by atoms with E-state index in [1.54, 1.807) is 6.20 Å². The molecule has 0 aromatic carbocycles. The van der Waals surface area contributed by atoms with Crippen molar-refractivity contribution < 1.29 is 9.53 Å². The molecule has 0 bridgehead atoms. The van der Waals surface area contributed by atoms with Crippen LogP contribution < -0.4 is 11.1 Å². The standard InChI is InChI=1S/C11H19N5O2/c12-5-10-6-16(15-14-10)7-11(17)13-3-1-9-2-4-18-8-9/h6,9H,1-5,7-8,12H2,(H,13,17). The number of nitrogens with zero attached hydrogens (tertiary/aromatic N) is 3. The zero-order valence-electron chi connectivity index (χ0n) is 10.3. The molecule has 0 saturated carbocycles. The van der Waals surface area contributed by atoms with Gasteiger partial charge in [0.25, 0.3) is 0 Å². The smallest absolute Gasteiger partial charge is 0.241 e. The summed E-state index contributed by atoms with van der Waals surface area (Å²) < 4.78 is 6.77. The lowest BCUT2D eigenvalue weighted by atomic mass is 10.1. The normalized spacial score (nSPS) is 19.1. The van der Waals surface area contributed by atoms with Gasteiger partial charge in [0.1, 0.15) is 6.54 Å². The maximum atomic E-state index is 11.6. The van der Waals surface area contributed by atoms with E-state index in [1.807, 2.05) is 0 Å². The van der Waals surface area contributed by atoms with Gasteiger partial charge in [0.05, 0.1) is 11.9 Å². The lowest BCUT2D eigenvalue weighted by Crippen LogP contribution is -2.29. The van der Waals surface area contributed by atoms with Crippen LogP contribution in [0, 0.1) is 5.92 Å². The Bertz CT molecular complexity index is 387. The molecular weight excluding hydrogens is 234 g/mol. The van der Waals surface area contributed by atoms with Crippen molar-refractivity contribution >= 4 is 5.91 Å². The predicted molar refractivity (Wildman–Crippen MR) is 64.5 cm³/mol. The molecule has 7 nitrogen and oxygen atoms in total. The van der Waals surface area contributed by atoms with E-state index in [2.05, 4.69) is 15.6 Å². The second-order valence-corrected chi connectivity index (χ2v) is 4.48. The van der Waals surface area contributed by atoms with Crippen LogP contribution in [-0.4, -0.2) is 40.7 Å². The van der Waals surface area contributed by atoms with Crippen LogP contribution >= 0.6 is 0 Å². The quantitative estimate of drug-likeness (QED) is 0.697. The van der Waals surface area contributed by atoms with Crippen LogP contribution in [0.15, 0.2) is 6.20 Å². The van der Waals surface area contributed by atoms with Gasteiger partial charge in [-0.1, -0.05) is 5.21 Å². The molecule has 18 heavy (non-hydrogen) atoms. The fourth-order valence-corrected chi connectivity index (χ4v) is 1.94. The molecule has 7 heteroatoms. The first kappa shape index (κ1) is 13.0. The minimum absolute atomic E-state index is 0.0533. The van der Waals surface area contributed by atoms with Gasteiger partial charge in [-0.3, -0.25) is 4.79 Å². The Labute approximate surface area is 106 Å². The number of carbonyl (C=O) groups excluding carboxylic acids is 1. The lowest BCUT2D eigenvalue weighted by molar-refractivity contribution is -0.121. The Morgan fingerprint density at radius 2 is 2.56 bits per heavy atom. The zero-order chi connectivity index (χ0) is 12.8. The fraction of sp³-hybridized carbons (Fsp3) is 0.727. The zero-order valence-corrected chi connectivity index (χ0v) is 10.3. The number of hydrogen-bond donors (Lipinski definition) is 2. The van der Waals surface area contributed by atoms with Gasteiger partial charge in [0.2, 0.25) is 5.91 Å². The van der Waals surface area contributed by atoms with Crippen molar-refractivity contribution in [2.75, 3.05) is 19.8 Å². The second kappa shape index (κ2) is 6.46. The van der Waals surface area contributed by atoms with Gasteiger partial charge < -0.3 is 15.8 Å². The first-order valence-corrected chi connectivity index (χ1v) is 6.21. The van der Waals surface area contributed by atoms with Gasteiger partial charge in [0.15, 0.2) is 0 Å². The first-order chi connectivity index (χ1) is 8.78. The first-order valence-electron chi connectivity index (χ1n) is 6.21. The van der Waals surface area contributed by atoms with Crippen molar-refractivity contribution in [3.05, 3.63) is 11.9 Å². The SMILES string of the molecule is NCc1cn(CC(=O)NCCC2CCOC2)nn1. The summed E-state index contributed by atoms with van der Waals surface area (Å²) in [5, 5.41) is 10.5. The van der Waals surface area contributed by atoms with E-state index in [4.69, 9.17) is 10.5 Å². The van der Waals surface area contributed by atoms with Crippen LogP contribution in [0.3, 0.4) is 0 Å². The number of rotatable bonds is 6. The Morgan fingerprint density at radius 3 is 3.22 bits per heavy atom. The second-order valence-electron chi connectivity index (χ2n) is 4.48. The predicted octanol–water partition coefficient (Wildman–Crippen LogP) is -0.720. The summed E-state index contributed by atoms with van der Waals surface area (Å²) in [4.78, 5) is 11.6.